The number of carbonyl (C=O) groups is 1. The third kappa shape index (κ3) is 5.07. The summed E-state index contributed by atoms with van der Waals surface area (Å²) in [5, 5.41) is 0. The summed E-state index contributed by atoms with van der Waals surface area (Å²) in [6.45, 7) is 7.68. The molecule has 1 aliphatic heterocycles. The summed E-state index contributed by atoms with van der Waals surface area (Å²) in [5.74, 6) is 0.625. The predicted molar refractivity (Wildman–Crippen MR) is 111 cm³/mol. The molecule has 7 heteroatoms. The van der Waals surface area contributed by atoms with Crippen molar-refractivity contribution < 1.29 is 22.7 Å². The fourth-order valence-corrected chi connectivity index (χ4v) is 3.56. The number of hydrogen-bond acceptors (Lipinski definition) is 3. The van der Waals surface area contributed by atoms with Gasteiger partial charge in [-0.25, -0.2) is 0 Å². The van der Waals surface area contributed by atoms with Gasteiger partial charge in [0.1, 0.15) is 5.75 Å². The molecule has 0 aliphatic carbocycles. The zero-order valence-electron chi connectivity index (χ0n) is 17.5. The van der Waals surface area contributed by atoms with E-state index in [0.29, 0.717) is 44.0 Å². The van der Waals surface area contributed by atoms with E-state index < -0.39 is 17.8 Å². The van der Waals surface area contributed by atoms with Gasteiger partial charge in [0.05, 0.1) is 5.56 Å². The molecule has 0 unspecified atom stereocenters. The minimum Gasteiger partial charge on any atom is -0.480 e. The molecule has 1 aliphatic rings. The van der Waals surface area contributed by atoms with Crippen LogP contribution in [0.5, 0.6) is 5.75 Å². The van der Waals surface area contributed by atoms with Crippen LogP contribution in [0, 0.1) is 13.8 Å². The van der Waals surface area contributed by atoms with E-state index in [2.05, 4.69) is 0 Å². The van der Waals surface area contributed by atoms with Gasteiger partial charge >= 0.3 is 6.18 Å². The Balaban J connectivity index is 1.63. The van der Waals surface area contributed by atoms with Crippen LogP contribution in [0.1, 0.15) is 30.0 Å². The summed E-state index contributed by atoms with van der Waals surface area (Å²) in [5.41, 5.74) is 1.90. The molecule has 1 saturated heterocycles. The van der Waals surface area contributed by atoms with Crippen LogP contribution in [-0.2, 0) is 11.0 Å². The molecule has 0 radical (unpaired) electrons. The molecule has 0 N–H and O–H groups in total. The van der Waals surface area contributed by atoms with Crippen molar-refractivity contribution in [3.8, 4) is 5.75 Å². The van der Waals surface area contributed by atoms with E-state index in [-0.39, 0.29) is 5.91 Å². The molecule has 0 aromatic heterocycles. The second-order valence-corrected chi connectivity index (χ2v) is 7.64. The van der Waals surface area contributed by atoms with E-state index in [1.807, 2.05) is 43.9 Å². The van der Waals surface area contributed by atoms with E-state index in [0.717, 1.165) is 23.3 Å². The third-order valence-corrected chi connectivity index (χ3v) is 5.39. The quantitative estimate of drug-likeness (QED) is 0.695. The first kappa shape index (κ1) is 22.0. The highest BCUT2D eigenvalue weighted by Crippen LogP contribution is 2.32. The van der Waals surface area contributed by atoms with Crippen LogP contribution in [0.25, 0.3) is 0 Å². The molecule has 1 atom stereocenters. The smallest absolute Gasteiger partial charge is 0.416 e. The SMILES string of the molecule is CC[C@H](Oc1cc(C)ccc1C)C(=O)N1CCN(c2cccc(C(F)(F)F)c2)CC1. The van der Waals surface area contributed by atoms with Crippen molar-refractivity contribution in [3.63, 3.8) is 0 Å². The number of alkyl halides is 3. The second-order valence-electron chi connectivity index (χ2n) is 7.64. The normalized spacial score (nSPS) is 15.8. The maximum absolute atomic E-state index is 13.0. The monoisotopic (exact) mass is 420 g/mol. The molecule has 0 spiro atoms. The molecular weight excluding hydrogens is 393 g/mol. The summed E-state index contributed by atoms with van der Waals surface area (Å²) in [6.07, 6.45) is -4.40. The van der Waals surface area contributed by atoms with Gasteiger partial charge in [-0.1, -0.05) is 25.1 Å². The van der Waals surface area contributed by atoms with Crippen molar-refractivity contribution in [2.75, 3.05) is 31.1 Å². The number of nitrogens with zero attached hydrogens (tertiary/aromatic N) is 2. The lowest BCUT2D eigenvalue weighted by Crippen LogP contribution is -2.52. The van der Waals surface area contributed by atoms with Crippen LogP contribution in [0.15, 0.2) is 42.5 Å². The lowest BCUT2D eigenvalue weighted by atomic mass is 10.1. The molecule has 1 heterocycles. The first-order valence-electron chi connectivity index (χ1n) is 10.1. The highest BCUT2D eigenvalue weighted by atomic mass is 19.4. The van der Waals surface area contributed by atoms with Crippen molar-refractivity contribution >= 4 is 11.6 Å². The van der Waals surface area contributed by atoms with Crippen LogP contribution in [0.3, 0.4) is 0 Å². The number of carbonyl (C=O) groups excluding carboxylic acids is 1. The molecule has 3 rings (SSSR count). The summed E-state index contributed by atoms with van der Waals surface area (Å²) in [7, 11) is 0. The highest BCUT2D eigenvalue weighted by Gasteiger charge is 2.32. The first-order chi connectivity index (χ1) is 14.2. The predicted octanol–water partition coefficient (Wildman–Crippen LogP) is 4.83. The minimum absolute atomic E-state index is 0.0814. The summed E-state index contributed by atoms with van der Waals surface area (Å²) >= 11 is 0. The average molecular weight is 420 g/mol. The lowest BCUT2D eigenvalue weighted by molar-refractivity contribution is -0.139. The van der Waals surface area contributed by atoms with Gasteiger partial charge in [0, 0.05) is 31.9 Å². The van der Waals surface area contributed by atoms with Gasteiger partial charge in [-0.15, -0.1) is 0 Å². The maximum Gasteiger partial charge on any atom is 0.416 e. The molecule has 30 heavy (non-hydrogen) atoms. The summed E-state index contributed by atoms with van der Waals surface area (Å²) in [4.78, 5) is 16.6. The van der Waals surface area contributed by atoms with E-state index >= 15 is 0 Å². The zero-order chi connectivity index (χ0) is 21.9. The summed E-state index contributed by atoms with van der Waals surface area (Å²) in [6, 6.07) is 11.2. The van der Waals surface area contributed by atoms with Crippen LogP contribution in [0.2, 0.25) is 0 Å². The number of rotatable bonds is 5. The Morgan fingerprint density at radius 3 is 2.40 bits per heavy atom. The minimum atomic E-state index is -4.37. The average Bonchev–Trinajstić information content (AvgIpc) is 2.73. The van der Waals surface area contributed by atoms with Gasteiger partial charge < -0.3 is 14.5 Å². The van der Waals surface area contributed by atoms with Crippen molar-refractivity contribution in [1.29, 1.82) is 0 Å². The van der Waals surface area contributed by atoms with E-state index in [1.165, 1.54) is 6.07 Å². The highest BCUT2D eigenvalue weighted by molar-refractivity contribution is 5.81. The second kappa shape index (κ2) is 8.98. The van der Waals surface area contributed by atoms with Gasteiger partial charge in [0.2, 0.25) is 0 Å². The number of anilines is 1. The molecule has 2 aromatic rings. The fourth-order valence-electron chi connectivity index (χ4n) is 3.56. The number of piperazine rings is 1. The van der Waals surface area contributed by atoms with Gasteiger partial charge in [0.15, 0.2) is 6.10 Å². The molecule has 162 valence electrons. The molecule has 1 fully saturated rings. The molecule has 0 bridgehead atoms. The van der Waals surface area contributed by atoms with Crippen LogP contribution in [-0.4, -0.2) is 43.1 Å². The van der Waals surface area contributed by atoms with Crippen LogP contribution in [0.4, 0.5) is 18.9 Å². The molecule has 1 amide bonds. The van der Waals surface area contributed by atoms with Crippen molar-refractivity contribution in [2.45, 2.75) is 39.5 Å². The third-order valence-electron chi connectivity index (χ3n) is 5.39. The van der Waals surface area contributed by atoms with Crippen LogP contribution >= 0.6 is 0 Å². The van der Waals surface area contributed by atoms with E-state index in [4.69, 9.17) is 4.74 Å². The number of benzene rings is 2. The zero-order valence-corrected chi connectivity index (χ0v) is 17.5. The van der Waals surface area contributed by atoms with Gasteiger partial charge in [-0.2, -0.15) is 13.2 Å². The maximum atomic E-state index is 13.0. The number of amides is 1. The van der Waals surface area contributed by atoms with Crippen molar-refractivity contribution in [1.82, 2.24) is 4.90 Å². The largest absolute Gasteiger partial charge is 0.480 e. The Labute approximate surface area is 175 Å². The molecule has 2 aromatic carbocycles. The standard InChI is InChI=1S/C23H27F3N2O2/c1-4-20(30-21-14-16(2)8-9-17(21)3)22(29)28-12-10-27(11-13-28)19-7-5-6-18(15-19)23(24,25)26/h5-9,14-15,20H,4,10-13H2,1-3H3/t20-/m0/s1. The van der Waals surface area contributed by atoms with Crippen molar-refractivity contribution in [2.24, 2.45) is 0 Å². The van der Waals surface area contributed by atoms with Gasteiger partial charge in [-0.05, 0) is 55.7 Å². The van der Waals surface area contributed by atoms with Crippen LogP contribution < -0.4 is 9.64 Å². The Morgan fingerprint density at radius 1 is 1.07 bits per heavy atom. The molecule has 4 nitrogen and oxygen atoms in total. The topological polar surface area (TPSA) is 32.8 Å². The van der Waals surface area contributed by atoms with E-state index in [1.54, 1.807) is 11.0 Å². The Morgan fingerprint density at radius 2 is 1.77 bits per heavy atom. The fraction of sp³-hybridized carbons (Fsp3) is 0.435. The number of ether oxygens (including phenoxy) is 1. The Kier molecular flexibility index (Phi) is 6.58. The van der Waals surface area contributed by atoms with E-state index in [9.17, 15) is 18.0 Å². The number of halogens is 3. The Bertz CT molecular complexity index is 890. The Hall–Kier alpha value is -2.70. The van der Waals surface area contributed by atoms with Gasteiger partial charge in [-0.3, -0.25) is 4.79 Å². The van der Waals surface area contributed by atoms with Gasteiger partial charge in [0.25, 0.3) is 5.91 Å². The first-order valence-corrected chi connectivity index (χ1v) is 10.1. The molecule has 0 saturated carbocycles. The number of aryl methyl sites for hydroxylation is 2. The number of hydrogen-bond donors (Lipinski definition) is 0. The van der Waals surface area contributed by atoms with Crippen molar-refractivity contribution in [3.05, 3.63) is 59.2 Å². The lowest BCUT2D eigenvalue weighted by Gasteiger charge is -2.37. The molecular formula is C23H27F3N2O2. The summed E-state index contributed by atoms with van der Waals surface area (Å²) < 4.78 is 45.0.